The lowest BCUT2D eigenvalue weighted by Gasteiger charge is -2.21. The number of hydrogen-bond donors (Lipinski definition) is 1. The van der Waals surface area contributed by atoms with E-state index in [4.69, 9.17) is 4.74 Å². The second-order valence-electron chi connectivity index (χ2n) is 6.06. The number of nitrogens with one attached hydrogen (secondary N) is 1. The largest absolute Gasteiger partial charge is 0.380 e. The van der Waals surface area contributed by atoms with Crippen LogP contribution in [0.4, 0.5) is 5.82 Å². The molecular weight excluding hydrogens is 240 g/mol. The summed E-state index contributed by atoms with van der Waals surface area (Å²) in [6.45, 7) is 9.08. The molecule has 1 saturated heterocycles. The van der Waals surface area contributed by atoms with E-state index in [1.807, 2.05) is 12.4 Å². The molecule has 2 rings (SSSR count). The smallest absolute Gasteiger partial charge is 0.147 e. The Kier molecular flexibility index (Phi) is 4.37. The maximum absolute atomic E-state index is 5.38. The van der Waals surface area contributed by atoms with Gasteiger partial charge in [0.2, 0.25) is 0 Å². The van der Waals surface area contributed by atoms with Gasteiger partial charge in [0.1, 0.15) is 5.82 Å². The molecule has 5 heteroatoms. The Labute approximate surface area is 115 Å². The van der Waals surface area contributed by atoms with Gasteiger partial charge in [-0.25, -0.2) is 4.98 Å². The van der Waals surface area contributed by atoms with Gasteiger partial charge in [-0.2, -0.15) is 0 Å². The molecule has 0 aromatic carbocycles. The Morgan fingerprint density at radius 3 is 2.84 bits per heavy atom. The number of rotatable bonds is 4. The summed E-state index contributed by atoms with van der Waals surface area (Å²) in [6.07, 6.45) is 5.03. The summed E-state index contributed by atoms with van der Waals surface area (Å²) >= 11 is 0. The summed E-state index contributed by atoms with van der Waals surface area (Å²) < 4.78 is 5.38. The molecule has 1 aromatic heterocycles. The first kappa shape index (κ1) is 14.2. The van der Waals surface area contributed by atoms with Crippen molar-refractivity contribution in [3.8, 4) is 0 Å². The average molecular weight is 264 g/mol. The third-order valence-electron chi connectivity index (χ3n) is 3.27. The molecule has 0 amide bonds. The van der Waals surface area contributed by atoms with Crippen molar-refractivity contribution >= 4 is 5.82 Å². The molecule has 1 unspecified atom stereocenters. The fourth-order valence-electron chi connectivity index (χ4n) is 2.12. The molecule has 1 N–H and O–H groups in total. The molecule has 1 atom stereocenters. The number of ether oxygens (including phenoxy) is 1. The Hall–Kier alpha value is -1.20. The van der Waals surface area contributed by atoms with Gasteiger partial charge in [0, 0.05) is 38.5 Å². The molecule has 106 valence electrons. The Balaban J connectivity index is 1.99. The van der Waals surface area contributed by atoms with Gasteiger partial charge in [0.25, 0.3) is 0 Å². The zero-order valence-corrected chi connectivity index (χ0v) is 12.3. The van der Waals surface area contributed by atoms with Crippen LogP contribution in [0.3, 0.4) is 0 Å². The first-order valence-electron chi connectivity index (χ1n) is 6.81. The number of hydrogen-bond acceptors (Lipinski definition) is 5. The summed E-state index contributed by atoms with van der Waals surface area (Å²) in [6, 6.07) is 0. The van der Waals surface area contributed by atoms with Crippen LogP contribution in [0.25, 0.3) is 0 Å². The van der Waals surface area contributed by atoms with Gasteiger partial charge in [0.15, 0.2) is 0 Å². The lowest BCUT2D eigenvalue weighted by atomic mass is 10.1. The monoisotopic (exact) mass is 264 g/mol. The van der Waals surface area contributed by atoms with E-state index in [1.54, 1.807) is 7.11 Å². The van der Waals surface area contributed by atoms with Crippen molar-refractivity contribution in [1.82, 2.24) is 15.3 Å². The van der Waals surface area contributed by atoms with Crippen LogP contribution in [0.2, 0.25) is 0 Å². The molecule has 19 heavy (non-hydrogen) atoms. The Bertz CT molecular complexity index is 416. The predicted octanol–water partition coefficient (Wildman–Crippen LogP) is 1.59. The van der Waals surface area contributed by atoms with Gasteiger partial charge in [-0.3, -0.25) is 4.98 Å². The van der Waals surface area contributed by atoms with Gasteiger partial charge < -0.3 is 15.0 Å². The van der Waals surface area contributed by atoms with Crippen LogP contribution in [-0.2, 0) is 11.3 Å². The summed E-state index contributed by atoms with van der Waals surface area (Å²) in [7, 11) is 1.77. The van der Waals surface area contributed by atoms with Crippen LogP contribution in [0, 0.1) is 0 Å². The second-order valence-corrected chi connectivity index (χ2v) is 6.06. The first-order valence-corrected chi connectivity index (χ1v) is 6.81. The predicted molar refractivity (Wildman–Crippen MR) is 76.3 cm³/mol. The zero-order valence-electron chi connectivity index (χ0n) is 12.3. The molecular formula is C14H24N4O. The molecule has 0 radical (unpaired) electrons. The van der Waals surface area contributed by atoms with Gasteiger partial charge in [-0.15, -0.1) is 0 Å². The molecule has 0 bridgehead atoms. The summed E-state index contributed by atoms with van der Waals surface area (Å²) in [5.74, 6) is 0.952. The lowest BCUT2D eigenvalue weighted by molar-refractivity contribution is 0.121. The van der Waals surface area contributed by atoms with Crippen LogP contribution in [0.15, 0.2) is 12.4 Å². The van der Waals surface area contributed by atoms with Crippen molar-refractivity contribution < 1.29 is 4.74 Å². The van der Waals surface area contributed by atoms with E-state index in [-0.39, 0.29) is 5.54 Å². The van der Waals surface area contributed by atoms with Gasteiger partial charge in [-0.05, 0) is 27.2 Å². The lowest BCUT2D eigenvalue weighted by Crippen LogP contribution is -2.35. The Morgan fingerprint density at radius 1 is 1.42 bits per heavy atom. The molecule has 1 aliphatic heterocycles. The number of anilines is 1. The van der Waals surface area contributed by atoms with E-state index in [2.05, 4.69) is 41.0 Å². The summed E-state index contributed by atoms with van der Waals surface area (Å²) in [5, 5.41) is 3.43. The first-order chi connectivity index (χ1) is 8.98. The van der Waals surface area contributed by atoms with E-state index in [9.17, 15) is 0 Å². The van der Waals surface area contributed by atoms with Crippen molar-refractivity contribution in [3.63, 3.8) is 0 Å². The SMILES string of the molecule is COC1CCN(c2cncc(CNC(C)(C)C)n2)C1. The number of nitrogens with zero attached hydrogens (tertiary/aromatic N) is 3. The highest BCUT2D eigenvalue weighted by atomic mass is 16.5. The third-order valence-corrected chi connectivity index (χ3v) is 3.27. The van der Waals surface area contributed by atoms with Crippen LogP contribution in [0.1, 0.15) is 32.9 Å². The van der Waals surface area contributed by atoms with Crippen LogP contribution >= 0.6 is 0 Å². The zero-order chi connectivity index (χ0) is 13.9. The highest BCUT2D eigenvalue weighted by Crippen LogP contribution is 2.19. The molecule has 1 fully saturated rings. The minimum Gasteiger partial charge on any atom is -0.380 e. The summed E-state index contributed by atoms with van der Waals surface area (Å²) in [5.41, 5.74) is 1.07. The van der Waals surface area contributed by atoms with Crippen molar-refractivity contribution in [2.75, 3.05) is 25.1 Å². The topological polar surface area (TPSA) is 50.3 Å². The van der Waals surface area contributed by atoms with Crippen molar-refractivity contribution in [2.24, 2.45) is 0 Å². The number of methoxy groups -OCH3 is 1. The fourth-order valence-corrected chi connectivity index (χ4v) is 2.12. The molecule has 1 aliphatic rings. The maximum Gasteiger partial charge on any atom is 0.147 e. The van der Waals surface area contributed by atoms with E-state index < -0.39 is 0 Å². The van der Waals surface area contributed by atoms with E-state index in [1.165, 1.54) is 0 Å². The normalized spacial score (nSPS) is 20.0. The molecule has 0 saturated carbocycles. The van der Waals surface area contributed by atoms with Crippen molar-refractivity contribution in [3.05, 3.63) is 18.1 Å². The molecule has 5 nitrogen and oxygen atoms in total. The fraction of sp³-hybridized carbons (Fsp3) is 0.714. The van der Waals surface area contributed by atoms with Crippen molar-refractivity contribution in [1.29, 1.82) is 0 Å². The highest BCUT2D eigenvalue weighted by molar-refractivity contribution is 5.38. The molecule has 2 heterocycles. The summed E-state index contributed by atoms with van der Waals surface area (Å²) in [4.78, 5) is 11.2. The van der Waals surface area contributed by atoms with Gasteiger partial charge in [-0.1, -0.05) is 0 Å². The molecule has 0 spiro atoms. The van der Waals surface area contributed by atoms with Crippen molar-refractivity contribution in [2.45, 2.75) is 45.4 Å². The minimum absolute atomic E-state index is 0.0898. The average Bonchev–Trinajstić information content (AvgIpc) is 2.85. The maximum atomic E-state index is 5.38. The standard InChI is InChI=1S/C14H24N4O/c1-14(2,3)16-8-11-7-15-9-13(17-11)18-6-5-12(10-18)19-4/h7,9,12,16H,5-6,8,10H2,1-4H3. The van der Waals surface area contributed by atoms with E-state index >= 15 is 0 Å². The van der Waals surface area contributed by atoms with Gasteiger partial charge in [0.05, 0.1) is 18.0 Å². The van der Waals surface area contributed by atoms with E-state index in [0.717, 1.165) is 37.6 Å². The second kappa shape index (κ2) is 5.84. The van der Waals surface area contributed by atoms with Crippen LogP contribution in [0.5, 0.6) is 0 Å². The van der Waals surface area contributed by atoms with Crippen LogP contribution < -0.4 is 10.2 Å². The molecule has 0 aliphatic carbocycles. The third kappa shape index (κ3) is 4.14. The van der Waals surface area contributed by atoms with E-state index in [0.29, 0.717) is 6.10 Å². The quantitative estimate of drug-likeness (QED) is 0.895. The van der Waals surface area contributed by atoms with Gasteiger partial charge >= 0.3 is 0 Å². The van der Waals surface area contributed by atoms with Crippen LogP contribution in [-0.4, -0.2) is 41.8 Å². The highest BCUT2D eigenvalue weighted by Gasteiger charge is 2.23. The Morgan fingerprint density at radius 2 is 2.21 bits per heavy atom. The molecule has 1 aromatic rings. The number of aromatic nitrogens is 2. The minimum atomic E-state index is 0.0898.